The zero-order chi connectivity index (χ0) is 9.84. The Morgan fingerprint density at radius 1 is 1.62 bits per heavy atom. The second-order valence-corrected chi connectivity index (χ2v) is 3.97. The quantitative estimate of drug-likeness (QED) is 0.364. The van der Waals surface area contributed by atoms with Gasteiger partial charge in [-0.3, -0.25) is 14.9 Å². The molecule has 68 valence electrons. The first-order valence-electron chi connectivity index (χ1n) is 3.20. The first-order chi connectivity index (χ1) is 6.15. The molecule has 0 aromatic carbocycles. The van der Waals surface area contributed by atoms with Crippen LogP contribution < -0.4 is 0 Å². The van der Waals surface area contributed by atoms with Crippen LogP contribution >= 0.6 is 27.3 Å². The lowest BCUT2D eigenvalue weighted by atomic mass is 10.4. The van der Waals surface area contributed by atoms with Crippen molar-refractivity contribution in [2.24, 2.45) is 0 Å². The van der Waals surface area contributed by atoms with Crippen molar-refractivity contribution in [3.63, 3.8) is 0 Å². The molecule has 0 radical (unpaired) electrons. The zero-order valence-electron chi connectivity index (χ0n) is 6.27. The normalized spacial score (nSPS) is 10.5. The van der Waals surface area contributed by atoms with Crippen molar-refractivity contribution in [2.75, 3.05) is 0 Å². The van der Waals surface area contributed by atoms with E-state index in [4.69, 9.17) is 0 Å². The van der Waals surface area contributed by atoms with Crippen molar-refractivity contribution in [1.29, 1.82) is 0 Å². The third-order valence-corrected chi connectivity index (χ3v) is 3.11. The van der Waals surface area contributed by atoms with Gasteiger partial charge in [-0.2, -0.15) is 0 Å². The molecule has 0 aliphatic rings. The van der Waals surface area contributed by atoms with E-state index in [2.05, 4.69) is 15.9 Å². The summed E-state index contributed by atoms with van der Waals surface area (Å²) in [5.74, 6) is 0. The largest absolute Gasteiger partial charge is 0.338 e. The Hall–Kier alpha value is -1.01. The molecular weight excluding hydrogens is 258 g/mol. The lowest BCUT2D eigenvalue weighted by Gasteiger charge is -1.82. The van der Waals surface area contributed by atoms with Crippen LogP contribution in [0.3, 0.4) is 0 Å². The number of aldehydes is 1. The molecule has 0 amide bonds. The summed E-state index contributed by atoms with van der Waals surface area (Å²) in [5, 5.41) is 10.4. The fourth-order valence-corrected chi connectivity index (χ4v) is 2.28. The summed E-state index contributed by atoms with van der Waals surface area (Å²) in [5.41, 5.74) is 0. The predicted molar refractivity (Wildman–Crippen MR) is 53.8 cm³/mol. The fourth-order valence-electron chi connectivity index (χ4n) is 0.717. The maximum atomic E-state index is 10.4. The summed E-state index contributed by atoms with van der Waals surface area (Å²) in [6.07, 6.45) is 3.44. The van der Waals surface area contributed by atoms with Crippen LogP contribution in [0.25, 0.3) is 6.08 Å². The first kappa shape index (κ1) is 10.1. The molecule has 0 saturated carbocycles. The Kier molecular flexibility index (Phi) is 3.32. The average molecular weight is 262 g/mol. The summed E-state index contributed by atoms with van der Waals surface area (Å²) in [6.45, 7) is 0. The molecule has 0 N–H and O–H groups in total. The van der Waals surface area contributed by atoms with Crippen LogP contribution in [0.15, 0.2) is 16.6 Å². The topological polar surface area (TPSA) is 60.2 Å². The van der Waals surface area contributed by atoms with E-state index in [1.54, 1.807) is 6.07 Å². The first-order valence-corrected chi connectivity index (χ1v) is 4.81. The van der Waals surface area contributed by atoms with Gasteiger partial charge in [-0.15, -0.1) is 0 Å². The molecule has 1 aromatic rings. The highest BCUT2D eigenvalue weighted by molar-refractivity contribution is 9.10. The van der Waals surface area contributed by atoms with Crippen LogP contribution in [-0.4, -0.2) is 11.2 Å². The van der Waals surface area contributed by atoms with Gasteiger partial charge in [-0.05, 0) is 34.1 Å². The van der Waals surface area contributed by atoms with Gasteiger partial charge in [0.15, 0.2) is 0 Å². The van der Waals surface area contributed by atoms with Crippen LogP contribution in [0.5, 0.6) is 0 Å². The lowest BCUT2D eigenvalue weighted by molar-refractivity contribution is -0.380. The maximum absolute atomic E-state index is 10.4. The van der Waals surface area contributed by atoms with Crippen molar-refractivity contribution < 1.29 is 9.72 Å². The molecule has 0 bridgehead atoms. The summed E-state index contributed by atoms with van der Waals surface area (Å²) in [4.78, 5) is 20.6. The van der Waals surface area contributed by atoms with E-state index >= 15 is 0 Å². The van der Waals surface area contributed by atoms with Gasteiger partial charge >= 0.3 is 5.00 Å². The molecular formula is C7H4BrNO3S. The molecule has 0 saturated heterocycles. The Morgan fingerprint density at radius 3 is 2.77 bits per heavy atom. The van der Waals surface area contributed by atoms with E-state index in [9.17, 15) is 14.9 Å². The van der Waals surface area contributed by atoms with Gasteiger partial charge in [-0.25, -0.2) is 0 Å². The van der Waals surface area contributed by atoms with Gasteiger partial charge in [0.05, 0.1) is 4.92 Å². The minimum atomic E-state index is -0.465. The van der Waals surface area contributed by atoms with E-state index < -0.39 is 4.92 Å². The van der Waals surface area contributed by atoms with E-state index in [1.807, 2.05) is 0 Å². The number of hydrogen-bond donors (Lipinski definition) is 0. The number of carbonyl (C=O) groups excluding carboxylic acids is 1. The third kappa shape index (κ3) is 2.46. The number of allylic oxidation sites excluding steroid dienone is 1. The average Bonchev–Trinajstić information content (AvgIpc) is 2.43. The van der Waals surface area contributed by atoms with Crippen LogP contribution in [0.2, 0.25) is 0 Å². The second kappa shape index (κ2) is 4.29. The van der Waals surface area contributed by atoms with Gasteiger partial charge in [-0.1, -0.05) is 11.3 Å². The SMILES string of the molecule is O=C/C=C/c1cc(Br)c([N+](=O)[O-])s1. The Bertz CT molecular complexity index is 372. The van der Waals surface area contributed by atoms with Gasteiger partial charge in [0, 0.05) is 4.88 Å². The van der Waals surface area contributed by atoms with E-state index in [-0.39, 0.29) is 5.00 Å². The van der Waals surface area contributed by atoms with Crippen molar-refractivity contribution in [2.45, 2.75) is 0 Å². The molecule has 0 aliphatic heterocycles. The van der Waals surface area contributed by atoms with Gasteiger partial charge in [0.25, 0.3) is 0 Å². The maximum Gasteiger partial charge on any atom is 0.338 e. The summed E-state index contributed by atoms with van der Waals surface area (Å²) in [6, 6.07) is 1.60. The molecule has 1 rings (SSSR count). The molecule has 0 aliphatic carbocycles. The van der Waals surface area contributed by atoms with Crippen LogP contribution in [0, 0.1) is 10.1 Å². The smallest absolute Gasteiger partial charge is 0.299 e. The number of carbonyl (C=O) groups is 1. The third-order valence-electron chi connectivity index (χ3n) is 1.19. The molecule has 0 atom stereocenters. The van der Waals surface area contributed by atoms with Gasteiger partial charge < -0.3 is 0 Å². The molecule has 1 heterocycles. The molecule has 0 spiro atoms. The Balaban J connectivity index is 3.01. The number of thiophene rings is 1. The highest BCUT2D eigenvalue weighted by Gasteiger charge is 2.15. The van der Waals surface area contributed by atoms with Crippen molar-refractivity contribution >= 4 is 44.6 Å². The molecule has 0 fully saturated rings. The van der Waals surface area contributed by atoms with E-state index in [0.29, 0.717) is 15.6 Å². The number of hydrogen-bond acceptors (Lipinski definition) is 4. The van der Waals surface area contributed by atoms with Crippen LogP contribution in [0.1, 0.15) is 4.88 Å². The molecule has 1 aromatic heterocycles. The minimum Gasteiger partial charge on any atom is -0.299 e. The summed E-state index contributed by atoms with van der Waals surface area (Å²) < 4.78 is 0.438. The van der Waals surface area contributed by atoms with Crippen molar-refractivity contribution in [3.8, 4) is 0 Å². The fraction of sp³-hybridized carbons (Fsp3) is 0. The van der Waals surface area contributed by atoms with Crippen LogP contribution in [0.4, 0.5) is 5.00 Å². The van der Waals surface area contributed by atoms with Gasteiger partial charge in [0.1, 0.15) is 10.8 Å². The number of nitro groups is 1. The highest BCUT2D eigenvalue weighted by atomic mass is 79.9. The summed E-state index contributed by atoms with van der Waals surface area (Å²) in [7, 11) is 0. The standard InChI is InChI=1S/C7H4BrNO3S/c8-6-4-5(2-1-3-10)13-7(6)9(11)12/h1-4H/b2-1+. The van der Waals surface area contributed by atoms with E-state index in [1.165, 1.54) is 12.2 Å². The number of rotatable bonds is 3. The molecule has 13 heavy (non-hydrogen) atoms. The van der Waals surface area contributed by atoms with Gasteiger partial charge in [0.2, 0.25) is 0 Å². The minimum absolute atomic E-state index is 0.0468. The van der Waals surface area contributed by atoms with Crippen molar-refractivity contribution in [3.05, 3.63) is 31.6 Å². The lowest BCUT2D eigenvalue weighted by Crippen LogP contribution is -1.82. The molecule has 4 nitrogen and oxygen atoms in total. The Labute approximate surface area is 86.2 Å². The predicted octanol–water partition coefficient (Wildman–Crippen LogP) is 2.63. The van der Waals surface area contributed by atoms with Crippen molar-refractivity contribution in [1.82, 2.24) is 0 Å². The number of nitrogens with zero attached hydrogens (tertiary/aromatic N) is 1. The second-order valence-electron chi connectivity index (χ2n) is 2.05. The monoisotopic (exact) mass is 261 g/mol. The number of halogens is 1. The molecule has 0 unspecified atom stereocenters. The molecule has 6 heteroatoms. The Morgan fingerprint density at radius 2 is 2.31 bits per heavy atom. The highest BCUT2D eigenvalue weighted by Crippen LogP contribution is 2.34. The summed E-state index contributed by atoms with van der Waals surface area (Å²) >= 11 is 4.07. The van der Waals surface area contributed by atoms with Crippen LogP contribution in [-0.2, 0) is 4.79 Å². The van der Waals surface area contributed by atoms with E-state index in [0.717, 1.165) is 11.3 Å². The zero-order valence-corrected chi connectivity index (χ0v) is 8.67.